The van der Waals surface area contributed by atoms with Crippen molar-refractivity contribution in [2.45, 2.75) is 52.5 Å². The molecule has 0 saturated carbocycles. The molecular formula is C22H32N2O3. The van der Waals surface area contributed by atoms with Gasteiger partial charge in [0.1, 0.15) is 5.75 Å². The zero-order chi connectivity index (χ0) is 19.6. The molecule has 1 aromatic carbocycles. The van der Waals surface area contributed by atoms with Gasteiger partial charge in [-0.2, -0.15) is 0 Å². The van der Waals surface area contributed by atoms with Crippen molar-refractivity contribution in [2.75, 3.05) is 19.7 Å². The zero-order valence-corrected chi connectivity index (χ0v) is 16.7. The van der Waals surface area contributed by atoms with Crippen LogP contribution in [-0.4, -0.2) is 42.5 Å². The molecule has 1 N–H and O–H groups in total. The molecule has 0 aromatic heterocycles. The molecule has 148 valence electrons. The van der Waals surface area contributed by atoms with E-state index in [0.29, 0.717) is 32.0 Å². The van der Waals surface area contributed by atoms with Crippen molar-refractivity contribution in [1.29, 1.82) is 0 Å². The quantitative estimate of drug-likeness (QED) is 0.709. The first kappa shape index (κ1) is 21.0. The molecular weight excluding hydrogens is 340 g/mol. The monoisotopic (exact) mass is 372 g/mol. The van der Waals surface area contributed by atoms with Crippen molar-refractivity contribution < 1.29 is 14.3 Å². The van der Waals surface area contributed by atoms with Crippen LogP contribution >= 0.6 is 0 Å². The van der Waals surface area contributed by atoms with E-state index in [4.69, 9.17) is 4.74 Å². The number of carbonyl (C=O) groups excluding carboxylic acids is 2. The number of piperidine rings is 1. The predicted octanol–water partition coefficient (Wildman–Crippen LogP) is 3.64. The van der Waals surface area contributed by atoms with Gasteiger partial charge >= 0.3 is 0 Å². The summed E-state index contributed by atoms with van der Waals surface area (Å²) in [5.74, 6) is 1.28. The van der Waals surface area contributed by atoms with Crippen LogP contribution in [0, 0.1) is 5.92 Å². The minimum absolute atomic E-state index is 0.00671. The number of para-hydroxylation sites is 1. The lowest BCUT2D eigenvalue weighted by molar-refractivity contribution is -0.127. The number of ether oxygens (including phenoxy) is 1. The minimum Gasteiger partial charge on any atom is -0.493 e. The van der Waals surface area contributed by atoms with E-state index in [2.05, 4.69) is 12.2 Å². The highest BCUT2D eigenvalue weighted by molar-refractivity contribution is 5.92. The fourth-order valence-electron chi connectivity index (χ4n) is 3.13. The summed E-state index contributed by atoms with van der Waals surface area (Å²) in [4.78, 5) is 26.2. The van der Waals surface area contributed by atoms with Gasteiger partial charge in [-0.1, -0.05) is 39.0 Å². The zero-order valence-electron chi connectivity index (χ0n) is 16.7. The van der Waals surface area contributed by atoms with Gasteiger partial charge in [-0.25, -0.2) is 0 Å². The first-order valence-electron chi connectivity index (χ1n) is 9.97. The summed E-state index contributed by atoms with van der Waals surface area (Å²) in [5.41, 5.74) is 0.912. The van der Waals surface area contributed by atoms with Gasteiger partial charge in [-0.05, 0) is 37.3 Å². The molecule has 0 radical (unpaired) electrons. The molecule has 2 rings (SSSR count). The lowest BCUT2D eigenvalue weighted by Gasteiger charge is -2.32. The number of hydrogen-bond donors (Lipinski definition) is 1. The second kappa shape index (κ2) is 10.8. The lowest BCUT2D eigenvalue weighted by Crippen LogP contribution is -2.46. The Balaban J connectivity index is 1.84. The van der Waals surface area contributed by atoms with Crippen LogP contribution in [0.2, 0.25) is 0 Å². The second-order valence-electron chi connectivity index (χ2n) is 7.48. The van der Waals surface area contributed by atoms with E-state index in [0.717, 1.165) is 30.6 Å². The number of amides is 2. The van der Waals surface area contributed by atoms with Gasteiger partial charge in [0, 0.05) is 37.2 Å². The van der Waals surface area contributed by atoms with Gasteiger partial charge in [-0.3, -0.25) is 9.59 Å². The number of nitrogens with zero attached hydrogens (tertiary/aromatic N) is 1. The van der Waals surface area contributed by atoms with Crippen molar-refractivity contribution in [1.82, 2.24) is 10.2 Å². The maximum atomic E-state index is 12.5. The molecule has 27 heavy (non-hydrogen) atoms. The Labute approximate surface area is 162 Å². The standard InChI is InChI=1S/C22H32N2O3/c1-4-15-27-20-8-6-5-7-18(20)9-10-22(26)24-13-11-19(12-14-24)23-21(25)16-17(2)3/h5-10,17,19H,4,11-16H2,1-3H3,(H,23,25)/b10-9+. The first-order valence-corrected chi connectivity index (χ1v) is 9.97. The van der Waals surface area contributed by atoms with Crippen molar-refractivity contribution in [3.8, 4) is 5.75 Å². The average molecular weight is 373 g/mol. The van der Waals surface area contributed by atoms with Crippen LogP contribution in [0.25, 0.3) is 6.08 Å². The Bertz CT molecular complexity index is 647. The topological polar surface area (TPSA) is 58.6 Å². The lowest BCUT2D eigenvalue weighted by atomic mass is 10.0. The molecule has 0 aliphatic carbocycles. The van der Waals surface area contributed by atoms with E-state index >= 15 is 0 Å². The number of nitrogens with one attached hydrogen (secondary N) is 1. The van der Waals surface area contributed by atoms with Gasteiger partial charge in [0.05, 0.1) is 6.61 Å². The maximum Gasteiger partial charge on any atom is 0.246 e. The van der Waals surface area contributed by atoms with Crippen LogP contribution in [0.3, 0.4) is 0 Å². The molecule has 0 spiro atoms. The molecule has 1 aliphatic rings. The van der Waals surface area contributed by atoms with E-state index in [1.54, 1.807) is 6.08 Å². The van der Waals surface area contributed by atoms with E-state index in [-0.39, 0.29) is 17.9 Å². The fourth-order valence-corrected chi connectivity index (χ4v) is 3.13. The first-order chi connectivity index (χ1) is 13.0. The third kappa shape index (κ3) is 7.08. The highest BCUT2D eigenvalue weighted by Crippen LogP contribution is 2.20. The smallest absolute Gasteiger partial charge is 0.246 e. The Kier molecular flexibility index (Phi) is 8.37. The third-order valence-electron chi connectivity index (χ3n) is 4.55. The van der Waals surface area contributed by atoms with E-state index in [9.17, 15) is 9.59 Å². The van der Waals surface area contributed by atoms with Crippen molar-refractivity contribution in [3.05, 3.63) is 35.9 Å². The second-order valence-corrected chi connectivity index (χ2v) is 7.48. The van der Waals surface area contributed by atoms with Gasteiger partial charge < -0.3 is 15.0 Å². The molecule has 5 heteroatoms. The third-order valence-corrected chi connectivity index (χ3v) is 4.55. The predicted molar refractivity (Wildman–Crippen MR) is 108 cm³/mol. The van der Waals surface area contributed by atoms with Gasteiger partial charge in [0.2, 0.25) is 11.8 Å². The summed E-state index contributed by atoms with van der Waals surface area (Å²) in [6.45, 7) is 8.15. The summed E-state index contributed by atoms with van der Waals surface area (Å²) in [7, 11) is 0. The molecule has 1 heterocycles. The van der Waals surface area contributed by atoms with Gasteiger partial charge in [0.15, 0.2) is 0 Å². The molecule has 5 nitrogen and oxygen atoms in total. The van der Waals surface area contributed by atoms with Crippen LogP contribution in [0.1, 0.15) is 52.0 Å². The SMILES string of the molecule is CCCOc1ccccc1/C=C/C(=O)N1CCC(NC(=O)CC(C)C)CC1. The molecule has 1 aliphatic heterocycles. The van der Waals surface area contributed by atoms with E-state index in [1.807, 2.05) is 49.1 Å². The highest BCUT2D eigenvalue weighted by atomic mass is 16.5. The summed E-state index contributed by atoms with van der Waals surface area (Å²) < 4.78 is 5.73. The number of benzene rings is 1. The Morgan fingerprint density at radius 3 is 2.63 bits per heavy atom. The highest BCUT2D eigenvalue weighted by Gasteiger charge is 2.22. The van der Waals surface area contributed by atoms with Crippen molar-refractivity contribution in [2.24, 2.45) is 5.92 Å². The molecule has 0 bridgehead atoms. The average Bonchev–Trinajstić information content (AvgIpc) is 2.65. The summed E-state index contributed by atoms with van der Waals surface area (Å²) in [5, 5.41) is 3.08. The maximum absolute atomic E-state index is 12.5. The van der Waals surface area contributed by atoms with Crippen LogP contribution in [0.5, 0.6) is 5.75 Å². The normalized spacial score (nSPS) is 15.3. The van der Waals surface area contributed by atoms with Gasteiger partial charge in [0.25, 0.3) is 0 Å². The van der Waals surface area contributed by atoms with Crippen LogP contribution in [0.4, 0.5) is 0 Å². The Morgan fingerprint density at radius 2 is 1.96 bits per heavy atom. The number of hydrogen-bond acceptors (Lipinski definition) is 3. The van der Waals surface area contributed by atoms with Crippen molar-refractivity contribution in [3.63, 3.8) is 0 Å². The number of likely N-dealkylation sites (tertiary alicyclic amines) is 1. The van der Waals surface area contributed by atoms with Crippen molar-refractivity contribution >= 4 is 17.9 Å². The largest absolute Gasteiger partial charge is 0.493 e. The molecule has 2 amide bonds. The molecule has 0 atom stereocenters. The van der Waals surface area contributed by atoms with E-state index in [1.165, 1.54) is 0 Å². The van der Waals surface area contributed by atoms with E-state index < -0.39 is 0 Å². The fraction of sp³-hybridized carbons (Fsp3) is 0.545. The Hall–Kier alpha value is -2.30. The number of rotatable bonds is 8. The minimum atomic E-state index is 0.00671. The van der Waals surface area contributed by atoms with Crippen LogP contribution in [-0.2, 0) is 9.59 Å². The summed E-state index contributed by atoms with van der Waals surface area (Å²) in [6, 6.07) is 7.92. The molecule has 1 saturated heterocycles. The summed E-state index contributed by atoms with van der Waals surface area (Å²) >= 11 is 0. The van der Waals surface area contributed by atoms with Crippen LogP contribution in [0.15, 0.2) is 30.3 Å². The molecule has 1 aromatic rings. The van der Waals surface area contributed by atoms with Gasteiger partial charge in [-0.15, -0.1) is 0 Å². The molecule has 0 unspecified atom stereocenters. The number of carbonyl (C=O) groups is 2. The summed E-state index contributed by atoms with van der Waals surface area (Å²) in [6.07, 6.45) is 6.55. The van der Waals surface area contributed by atoms with Crippen LogP contribution < -0.4 is 10.1 Å². The Morgan fingerprint density at radius 1 is 1.26 bits per heavy atom. The molecule has 1 fully saturated rings.